The van der Waals surface area contributed by atoms with Crippen LogP contribution in [-0.4, -0.2) is 33.1 Å². The molecule has 1 aliphatic rings. The summed E-state index contributed by atoms with van der Waals surface area (Å²) >= 11 is 0. The first-order chi connectivity index (χ1) is 10.8. The van der Waals surface area contributed by atoms with E-state index in [1.807, 2.05) is 30.3 Å². The number of aromatic amines is 1. The van der Waals surface area contributed by atoms with Crippen LogP contribution in [0.1, 0.15) is 23.7 Å². The van der Waals surface area contributed by atoms with Crippen molar-refractivity contribution >= 4 is 17.2 Å². The normalized spacial score (nSPS) is 17.9. The van der Waals surface area contributed by atoms with Crippen molar-refractivity contribution in [2.45, 2.75) is 12.3 Å². The Balaban J connectivity index is 1.76. The van der Waals surface area contributed by atoms with Crippen LogP contribution in [0.4, 0.5) is 5.69 Å². The van der Waals surface area contributed by atoms with Crippen molar-refractivity contribution in [3.8, 4) is 6.07 Å². The molecule has 1 fully saturated rings. The van der Waals surface area contributed by atoms with Crippen LogP contribution in [0.25, 0.3) is 5.57 Å². The van der Waals surface area contributed by atoms with Crippen molar-refractivity contribution < 1.29 is 4.79 Å². The molecule has 0 spiro atoms. The van der Waals surface area contributed by atoms with Crippen LogP contribution in [0, 0.1) is 11.3 Å². The lowest BCUT2D eigenvalue weighted by Gasteiger charge is -2.09. The maximum absolute atomic E-state index is 11.3. The van der Waals surface area contributed by atoms with Gasteiger partial charge in [0.15, 0.2) is 0 Å². The number of hydrogen-bond acceptors (Lipinski definition) is 6. The predicted molar refractivity (Wildman–Crippen MR) is 78.2 cm³/mol. The summed E-state index contributed by atoms with van der Waals surface area (Å²) in [6.45, 7) is 0.657. The Morgan fingerprint density at radius 1 is 1.50 bits per heavy atom. The number of hydrogen-bond donors (Lipinski definition) is 3. The molecule has 1 saturated heterocycles. The number of allylic oxidation sites excluding steroid dienone is 1. The molecule has 3 rings (SSSR count). The second-order valence-corrected chi connectivity index (χ2v) is 4.88. The third-order valence-corrected chi connectivity index (χ3v) is 3.43. The second kappa shape index (κ2) is 6.05. The number of carbonyl (C=O) groups is 1. The highest BCUT2D eigenvalue weighted by atomic mass is 16.1. The smallest absolute Gasteiger partial charge is 0.220 e. The molecule has 2 aromatic rings. The largest absolute Gasteiger partial charge is 0.360 e. The molecule has 110 valence electrons. The van der Waals surface area contributed by atoms with Gasteiger partial charge in [0.2, 0.25) is 11.7 Å². The van der Waals surface area contributed by atoms with Crippen molar-refractivity contribution in [2.75, 3.05) is 11.9 Å². The average Bonchev–Trinajstić information content (AvgIpc) is 3.20. The molecule has 8 nitrogen and oxygen atoms in total. The number of nitrogens with zero attached hydrogens (tertiary/aromatic N) is 4. The molecule has 1 aliphatic heterocycles. The van der Waals surface area contributed by atoms with E-state index in [-0.39, 0.29) is 23.2 Å². The van der Waals surface area contributed by atoms with E-state index in [4.69, 9.17) is 5.26 Å². The first-order valence-corrected chi connectivity index (χ1v) is 6.73. The lowest BCUT2D eigenvalue weighted by Crippen LogP contribution is -2.13. The van der Waals surface area contributed by atoms with Gasteiger partial charge in [0.1, 0.15) is 11.6 Å². The lowest BCUT2D eigenvalue weighted by atomic mass is 9.98. The number of nitriles is 1. The van der Waals surface area contributed by atoms with E-state index in [0.717, 1.165) is 11.3 Å². The standard InChI is InChI=1S/C14H13N7O/c15-6-11(14-18-20-21-19-14)8-16-12-3-1-2-9(4-12)10-5-13(22)17-7-10/h1-4,8,10,16H,5,7H2,(H,17,22)(H,18,19,20,21). The highest BCUT2D eigenvalue weighted by Gasteiger charge is 2.22. The molecule has 1 aromatic heterocycles. The predicted octanol–water partition coefficient (Wildman–Crippen LogP) is 0.780. The van der Waals surface area contributed by atoms with Gasteiger partial charge in [-0.15, -0.1) is 10.2 Å². The zero-order valence-corrected chi connectivity index (χ0v) is 11.6. The minimum absolute atomic E-state index is 0.0760. The summed E-state index contributed by atoms with van der Waals surface area (Å²) in [5.41, 5.74) is 2.18. The van der Waals surface area contributed by atoms with E-state index >= 15 is 0 Å². The van der Waals surface area contributed by atoms with Crippen LogP contribution >= 0.6 is 0 Å². The summed E-state index contributed by atoms with van der Waals surface area (Å²) in [4.78, 5) is 11.3. The van der Waals surface area contributed by atoms with E-state index in [9.17, 15) is 4.79 Å². The molecule has 1 amide bonds. The SMILES string of the molecule is N#CC(=CNc1cccc(C2CNC(=O)C2)c1)c1nn[nH]n1. The Bertz CT molecular complexity index is 745. The number of aromatic nitrogens is 4. The van der Waals surface area contributed by atoms with Gasteiger partial charge in [-0.05, 0) is 22.9 Å². The van der Waals surface area contributed by atoms with E-state index in [2.05, 4.69) is 31.3 Å². The van der Waals surface area contributed by atoms with Gasteiger partial charge in [0.05, 0.1) is 0 Å². The molecular weight excluding hydrogens is 282 g/mol. The quantitative estimate of drug-likeness (QED) is 0.717. The minimum atomic E-state index is 0.0760. The summed E-state index contributed by atoms with van der Waals surface area (Å²) in [5, 5.41) is 28.2. The number of tetrazole rings is 1. The Morgan fingerprint density at radius 3 is 3.09 bits per heavy atom. The van der Waals surface area contributed by atoms with Crippen molar-refractivity contribution in [1.82, 2.24) is 25.9 Å². The molecule has 8 heteroatoms. The summed E-state index contributed by atoms with van der Waals surface area (Å²) in [5.74, 6) is 0.495. The van der Waals surface area contributed by atoms with Crippen LogP contribution < -0.4 is 10.6 Å². The van der Waals surface area contributed by atoms with Crippen LogP contribution in [0.3, 0.4) is 0 Å². The number of H-pyrrole nitrogens is 1. The third-order valence-electron chi connectivity index (χ3n) is 3.43. The number of rotatable bonds is 4. The summed E-state index contributed by atoms with van der Waals surface area (Å²) in [6, 6.07) is 9.76. The van der Waals surface area contributed by atoms with Gasteiger partial charge in [0, 0.05) is 30.8 Å². The fourth-order valence-corrected chi connectivity index (χ4v) is 2.30. The minimum Gasteiger partial charge on any atom is -0.360 e. The van der Waals surface area contributed by atoms with E-state index in [0.29, 0.717) is 13.0 Å². The Kier molecular flexibility index (Phi) is 3.78. The maximum Gasteiger partial charge on any atom is 0.220 e. The van der Waals surface area contributed by atoms with Crippen molar-refractivity contribution in [3.63, 3.8) is 0 Å². The van der Waals surface area contributed by atoms with Crippen molar-refractivity contribution in [3.05, 3.63) is 41.9 Å². The molecule has 1 unspecified atom stereocenters. The zero-order valence-electron chi connectivity index (χ0n) is 11.6. The number of anilines is 1. The molecule has 1 aromatic carbocycles. The fourth-order valence-electron chi connectivity index (χ4n) is 2.30. The highest BCUT2D eigenvalue weighted by Crippen LogP contribution is 2.25. The lowest BCUT2D eigenvalue weighted by molar-refractivity contribution is -0.119. The van der Waals surface area contributed by atoms with Gasteiger partial charge in [-0.3, -0.25) is 4.79 Å². The molecule has 1 atom stereocenters. The molecular formula is C14H13N7O. The fraction of sp³-hybridized carbons (Fsp3) is 0.214. The van der Waals surface area contributed by atoms with E-state index in [1.165, 1.54) is 6.20 Å². The number of carbonyl (C=O) groups excluding carboxylic acids is 1. The molecule has 22 heavy (non-hydrogen) atoms. The van der Waals surface area contributed by atoms with Crippen molar-refractivity contribution in [1.29, 1.82) is 5.26 Å². The molecule has 0 bridgehead atoms. The summed E-state index contributed by atoms with van der Waals surface area (Å²) in [7, 11) is 0. The topological polar surface area (TPSA) is 119 Å². The Hall–Kier alpha value is -3.21. The molecule has 2 heterocycles. The van der Waals surface area contributed by atoms with Crippen LogP contribution in [0.15, 0.2) is 30.5 Å². The third kappa shape index (κ3) is 2.93. The Morgan fingerprint density at radius 2 is 2.41 bits per heavy atom. The molecule has 0 radical (unpaired) electrons. The van der Waals surface area contributed by atoms with Gasteiger partial charge in [0.25, 0.3) is 0 Å². The molecule has 3 N–H and O–H groups in total. The molecule has 0 aliphatic carbocycles. The first-order valence-electron chi connectivity index (χ1n) is 6.73. The van der Waals surface area contributed by atoms with Gasteiger partial charge in [-0.2, -0.15) is 10.5 Å². The van der Waals surface area contributed by atoms with Crippen molar-refractivity contribution in [2.24, 2.45) is 0 Å². The van der Waals surface area contributed by atoms with E-state index < -0.39 is 0 Å². The molecule has 0 saturated carbocycles. The van der Waals surface area contributed by atoms with Gasteiger partial charge >= 0.3 is 0 Å². The number of benzene rings is 1. The second-order valence-electron chi connectivity index (χ2n) is 4.88. The maximum atomic E-state index is 11.3. The monoisotopic (exact) mass is 295 g/mol. The van der Waals surface area contributed by atoms with E-state index in [1.54, 1.807) is 0 Å². The average molecular weight is 295 g/mol. The zero-order chi connectivity index (χ0) is 15.4. The summed E-state index contributed by atoms with van der Waals surface area (Å²) < 4.78 is 0. The number of amides is 1. The van der Waals surface area contributed by atoms with Crippen LogP contribution in [0.5, 0.6) is 0 Å². The van der Waals surface area contributed by atoms with Gasteiger partial charge in [-0.25, -0.2) is 0 Å². The van der Waals surface area contributed by atoms with Crippen LogP contribution in [-0.2, 0) is 4.79 Å². The van der Waals surface area contributed by atoms with Gasteiger partial charge in [-0.1, -0.05) is 12.1 Å². The highest BCUT2D eigenvalue weighted by molar-refractivity contribution is 5.79. The number of nitrogens with one attached hydrogen (secondary N) is 3. The van der Waals surface area contributed by atoms with Crippen LogP contribution in [0.2, 0.25) is 0 Å². The Labute approximate surface area is 126 Å². The van der Waals surface area contributed by atoms with Gasteiger partial charge < -0.3 is 10.6 Å². The summed E-state index contributed by atoms with van der Waals surface area (Å²) in [6.07, 6.45) is 2.04. The first kappa shape index (κ1) is 13.8.